The van der Waals surface area contributed by atoms with Gasteiger partial charge in [0.25, 0.3) is 0 Å². The molecule has 0 heterocycles. The van der Waals surface area contributed by atoms with Crippen LogP contribution in [-0.2, 0) is 5.54 Å². The van der Waals surface area contributed by atoms with Crippen LogP contribution in [0.2, 0.25) is 5.02 Å². The minimum Gasteiger partial charge on any atom is -0.322 e. The fourth-order valence-electron chi connectivity index (χ4n) is 1.15. The lowest BCUT2D eigenvalue weighted by molar-refractivity contribution is 0.501. The summed E-state index contributed by atoms with van der Waals surface area (Å²) in [6.07, 6.45) is 0. The van der Waals surface area contributed by atoms with Crippen molar-refractivity contribution in [1.29, 1.82) is 0 Å². The summed E-state index contributed by atoms with van der Waals surface area (Å²) >= 11 is 5.76. The Hall–Kier alpha value is -0.600. The third-order valence-corrected chi connectivity index (χ3v) is 2.35. The van der Waals surface area contributed by atoms with Crippen molar-refractivity contribution in [3.63, 3.8) is 0 Å². The fourth-order valence-corrected chi connectivity index (χ4v) is 1.30. The maximum absolute atomic E-state index is 13.4. The first kappa shape index (κ1) is 10.5. The van der Waals surface area contributed by atoms with E-state index < -0.39 is 5.54 Å². The van der Waals surface area contributed by atoms with Crippen LogP contribution in [0.25, 0.3) is 0 Å². The maximum atomic E-state index is 13.4. The summed E-state index contributed by atoms with van der Waals surface area (Å²) in [4.78, 5) is 0. The minimum absolute atomic E-state index is 0.344. The highest BCUT2D eigenvalue weighted by Crippen LogP contribution is 2.26. The molecule has 2 N–H and O–H groups in total. The molecule has 0 saturated heterocycles. The zero-order chi connectivity index (χ0) is 10.2. The molecule has 0 saturated carbocycles. The molecule has 0 aliphatic heterocycles. The van der Waals surface area contributed by atoms with E-state index in [1.807, 2.05) is 6.92 Å². The number of rotatable bonds is 1. The zero-order valence-electron chi connectivity index (χ0n) is 7.99. The monoisotopic (exact) mass is 201 g/mol. The Balaban J connectivity index is 3.32. The Kier molecular flexibility index (Phi) is 2.64. The van der Waals surface area contributed by atoms with Gasteiger partial charge in [0, 0.05) is 16.1 Å². The summed E-state index contributed by atoms with van der Waals surface area (Å²) in [5.74, 6) is -0.344. The highest BCUT2D eigenvalue weighted by Gasteiger charge is 2.19. The lowest BCUT2D eigenvalue weighted by atomic mass is 9.94. The van der Waals surface area contributed by atoms with Crippen LogP contribution in [0.1, 0.15) is 25.0 Å². The van der Waals surface area contributed by atoms with E-state index in [0.717, 1.165) is 5.56 Å². The van der Waals surface area contributed by atoms with E-state index in [0.29, 0.717) is 10.6 Å². The van der Waals surface area contributed by atoms with Crippen LogP contribution in [-0.4, -0.2) is 0 Å². The van der Waals surface area contributed by atoms with Crippen molar-refractivity contribution in [3.05, 3.63) is 34.1 Å². The van der Waals surface area contributed by atoms with Crippen molar-refractivity contribution in [2.45, 2.75) is 26.3 Å². The average molecular weight is 202 g/mol. The van der Waals surface area contributed by atoms with Gasteiger partial charge in [-0.15, -0.1) is 0 Å². The largest absolute Gasteiger partial charge is 0.322 e. The second kappa shape index (κ2) is 3.28. The van der Waals surface area contributed by atoms with Gasteiger partial charge < -0.3 is 5.73 Å². The first-order chi connectivity index (χ1) is 5.82. The molecule has 0 amide bonds. The first-order valence-corrected chi connectivity index (χ1v) is 4.45. The number of halogens is 2. The number of aryl methyl sites for hydroxylation is 1. The summed E-state index contributed by atoms with van der Waals surface area (Å²) in [6, 6.07) is 3.00. The molecule has 1 nitrogen and oxygen atoms in total. The Morgan fingerprint density at radius 3 is 2.38 bits per heavy atom. The van der Waals surface area contributed by atoms with E-state index in [1.54, 1.807) is 19.9 Å². The van der Waals surface area contributed by atoms with Crippen molar-refractivity contribution < 1.29 is 4.39 Å². The zero-order valence-corrected chi connectivity index (χ0v) is 8.74. The third-order valence-electron chi connectivity index (χ3n) is 1.94. The molecule has 0 bridgehead atoms. The van der Waals surface area contributed by atoms with Crippen molar-refractivity contribution in [3.8, 4) is 0 Å². The van der Waals surface area contributed by atoms with Gasteiger partial charge in [-0.1, -0.05) is 11.6 Å². The lowest BCUT2D eigenvalue weighted by Gasteiger charge is -2.20. The van der Waals surface area contributed by atoms with E-state index in [1.165, 1.54) is 6.07 Å². The molecule has 0 unspecified atom stereocenters. The smallest absolute Gasteiger partial charge is 0.129 e. The Morgan fingerprint density at radius 2 is 1.92 bits per heavy atom. The van der Waals surface area contributed by atoms with Crippen LogP contribution in [0.4, 0.5) is 4.39 Å². The van der Waals surface area contributed by atoms with Crippen LogP contribution < -0.4 is 5.73 Å². The highest BCUT2D eigenvalue weighted by molar-refractivity contribution is 6.31. The van der Waals surface area contributed by atoms with E-state index in [9.17, 15) is 4.39 Å². The molecule has 13 heavy (non-hydrogen) atoms. The second-order valence-corrected chi connectivity index (χ2v) is 4.21. The van der Waals surface area contributed by atoms with Crippen molar-refractivity contribution in [1.82, 2.24) is 0 Å². The molecule has 0 aliphatic carbocycles. The van der Waals surface area contributed by atoms with Gasteiger partial charge in [-0.25, -0.2) is 4.39 Å². The van der Waals surface area contributed by atoms with Crippen molar-refractivity contribution in [2.75, 3.05) is 0 Å². The van der Waals surface area contributed by atoms with Crippen molar-refractivity contribution >= 4 is 11.6 Å². The number of hydrogen-bond donors (Lipinski definition) is 1. The lowest BCUT2D eigenvalue weighted by Crippen LogP contribution is -2.30. The molecule has 1 aromatic carbocycles. The van der Waals surface area contributed by atoms with E-state index in [2.05, 4.69) is 0 Å². The first-order valence-electron chi connectivity index (χ1n) is 4.07. The predicted octanol–water partition coefficient (Wildman–Crippen LogP) is 2.98. The van der Waals surface area contributed by atoms with E-state index in [-0.39, 0.29) is 5.82 Å². The van der Waals surface area contributed by atoms with Gasteiger partial charge in [0.2, 0.25) is 0 Å². The molecule has 0 aromatic heterocycles. The summed E-state index contributed by atoms with van der Waals surface area (Å²) < 4.78 is 13.4. The standard InChI is InChI=1S/C10H13ClFN/c1-6-4-7(10(2,3)13)9(12)5-8(6)11/h4-5H,13H2,1-3H3. The van der Waals surface area contributed by atoms with Crippen molar-refractivity contribution in [2.24, 2.45) is 5.73 Å². The molecule has 0 atom stereocenters. The molecule has 72 valence electrons. The summed E-state index contributed by atoms with van der Waals surface area (Å²) in [6.45, 7) is 5.36. The average Bonchev–Trinajstić information content (AvgIpc) is 1.94. The van der Waals surface area contributed by atoms with Crippen LogP contribution in [0.5, 0.6) is 0 Å². The quantitative estimate of drug-likeness (QED) is 0.743. The topological polar surface area (TPSA) is 26.0 Å². The second-order valence-electron chi connectivity index (χ2n) is 3.80. The van der Waals surface area contributed by atoms with Gasteiger partial charge in [0.15, 0.2) is 0 Å². The Morgan fingerprint density at radius 1 is 1.38 bits per heavy atom. The summed E-state index contributed by atoms with van der Waals surface area (Å²) in [5, 5.41) is 0.436. The summed E-state index contributed by atoms with van der Waals surface area (Å²) in [5.41, 5.74) is 6.47. The molecule has 0 radical (unpaired) electrons. The van der Waals surface area contributed by atoms with Gasteiger partial charge in [-0.2, -0.15) is 0 Å². The normalized spacial score (nSPS) is 11.8. The fraction of sp³-hybridized carbons (Fsp3) is 0.400. The van der Waals surface area contributed by atoms with Gasteiger partial charge in [-0.3, -0.25) is 0 Å². The van der Waals surface area contributed by atoms with Gasteiger partial charge in [0.1, 0.15) is 5.82 Å². The Bertz CT molecular complexity index is 328. The minimum atomic E-state index is -0.667. The van der Waals surface area contributed by atoms with Crippen LogP contribution in [0.3, 0.4) is 0 Å². The van der Waals surface area contributed by atoms with E-state index in [4.69, 9.17) is 17.3 Å². The SMILES string of the molecule is Cc1cc(C(C)(C)N)c(F)cc1Cl. The molecule has 1 aromatic rings. The van der Waals surface area contributed by atoms with E-state index >= 15 is 0 Å². The van der Waals surface area contributed by atoms with Gasteiger partial charge in [0.05, 0.1) is 0 Å². The molecular weight excluding hydrogens is 189 g/mol. The van der Waals surface area contributed by atoms with Crippen LogP contribution in [0, 0.1) is 12.7 Å². The number of hydrogen-bond acceptors (Lipinski definition) is 1. The molecule has 0 spiro atoms. The number of nitrogens with two attached hydrogens (primary N) is 1. The summed E-state index contributed by atoms with van der Waals surface area (Å²) in [7, 11) is 0. The molecule has 0 aliphatic rings. The highest BCUT2D eigenvalue weighted by atomic mass is 35.5. The molecule has 3 heteroatoms. The van der Waals surface area contributed by atoms with Gasteiger partial charge in [-0.05, 0) is 38.5 Å². The van der Waals surface area contributed by atoms with Crippen LogP contribution >= 0.6 is 11.6 Å². The van der Waals surface area contributed by atoms with Crippen LogP contribution in [0.15, 0.2) is 12.1 Å². The third kappa shape index (κ3) is 2.20. The van der Waals surface area contributed by atoms with Gasteiger partial charge >= 0.3 is 0 Å². The maximum Gasteiger partial charge on any atom is 0.129 e. The predicted molar refractivity (Wildman–Crippen MR) is 53.4 cm³/mol. The molecule has 0 fully saturated rings. The number of benzene rings is 1. The molecule has 1 rings (SSSR count). The Labute approximate surface area is 82.7 Å². The molecular formula is C10H13ClFN.